The van der Waals surface area contributed by atoms with E-state index in [4.69, 9.17) is 4.42 Å². The first-order valence-electron chi connectivity index (χ1n) is 18.4. The van der Waals surface area contributed by atoms with E-state index in [1.54, 1.807) is 0 Å². The second kappa shape index (κ2) is 10.6. The number of furan rings is 1. The molecule has 2 heterocycles. The highest BCUT2D eigenvalue weighted by atomic mass is 16.3. The van der Waals surface area contributed by atoms with Gasteiger partial charge in [0.1, 0.15) is 11.2 Å². The summed E-state index contributed by atoms with van der Waals surface area (Å²) in [6.45, 7) is 0. The van der Waals surface area contributed by atoms with Crippen LogP contribution in [0.5, 0.6) is 0 Å². The van der Waals surface area contributed by atoms with Crippen molar-refractivity contribution < 1.29 is 4.42 Å². The Morgan fingerprint density at radius 2 is 0.962 bits per heavy atom. The first-order chi connectivity index (χ1) is 26.3. The minimum absolute atomic E-state index is 0.617. The van der Waals surface area contributed by atoms with Gasteiger partial charge in [-0.25, -0.2) is 0 Å². The highest BCUT2D eigenvalue weighted by molar-refractivity contribution is 6.15. The van der Waals surface area contributed by atoms with E-state index < -0.39 is 5.41 Å². The largest absolute Gasteiger partial charge is 0.456 e. The summed E-state index contributed by atoms with van der Waals surface area (Å²) in [6, 6.07) is 69.1. The van der Waals surface area contributed by atoms with Gasteiger partial charge in [-0.3, -0.25) is 0 Å². The van der Waals surface area contributed by atoms with Crippen molar-refractivity contribution in [1.82, 2.24) is 4.57 Å². The third kappa shape index (κ3) is 3.72. The van der Waals surface area contributed by atoms with E-state index in [1.165, 1.54) is 76.9 Å². The van der Waals surface area contributed by atoms with Crippen LogP contribution in [0, 0.1) is 0 Å². The van der Waals surface area contributed by atoms with Gasteiger partial charge in [-0.05, 0) is 74.3 Å². The molecule has 0 bridgehead atoms. The Bertz CT molecular complexity index is 3260. The highest BCUT2D eigenvalue weighted by Gasteiger charge is 2.47. The molecule has 0 fully saturated rings. The summed E-state index contributed by atoms with van der Waals surface area (Å²) < 4.78 is 9.34. The van der Waals surface area contributed by atoms with Gasteiger partial charge < -0.3 is 8.98 Å². The molecule has 9 aromatic carbocycles. The predicted molar refractivity (Wildman–Crippen MR) is 220 cm³/mol. The maximum Gasteiger partial charge on any atom is 0.140 e. The van der Waals surface area contributed by atoms with Gasteiger partial charge in [-0.2, -0.15) is 0 Å². The molecular formula is C51H31NO. The topological polar surface area (TPSA) is 18.1 Å². The lowest BCUT2D eigenvalue weighted by molar-refractivity contribution is 0.648. The van der Waals surface area contributed by atoms with Gasteiger partial charge in [-0.15, -0.1) is 0 Å². The number of aromatic nitrogens is 1. The van der Waals surface area contributed by atoms with Gasteiger partial charge in [0.05, 0.1) is 22.1 Å². The summed E-state index contributed by atoms with van der Waals surface area (Å²) >= 11 is 0. The van der Waals surface area contributed by atoms with E-state index in [0.29, 0.717) is 0 Å². The van der Waals surface area contributed by atoms with Crippen LogP contribution >= 0.6 is 0 Å². The lowest BCUT2D eigenvalue weighted by Crippen LogP contribution is -2.28. The quantitative estimate of drug-likeness (QED) is 0.171. The van der Waals surface area contributed by atoms with Crippen molar-refractivity contribution in [1.29, 1.82) is 0 Å². The summed E-state index contributed by atoms with van der Waals surface area (Å²) in [4.78, 5) is 0. The van der Waals surface area contributed by atoms with Gasteiger partial charge >= 0.3 is 0 Å². The highest BCUT2D eigenvalue weighted by Crippen LogP contribution is 2.58. The summed E-state index contributed by atoms with van der Waals surface area (Å²) in [5, 5.41) is 9.76. The van der Waals surface area contributed by atoms with Gasteiger partial charge in [-0.1, -0.05) is 158 Å². The maximum atomic E-state index is 6.86. The van der Waals surface area contributed by atoms with E-state index in [0.717, 1.165) is 27.5 Å². The molecule has 53 heavy (non-hydrogen) atoms. The van der Waals surface area contributed by atoms with Crippen LogP contribution in [0.25, 0.3) is 82.1 Å². The van der Waals surface area contributed by atoms with Crippen molar-refractivity contribution in [2.75, 3.05) is 0 Å². The molecule has 0 N–H and O–H groups in total. The SMILES string of the molecule is c1ccc2c(c1)-c1ccccc1C2(c1ccc2c(c1)c1ccccc1n2-c1cc2ccccc2c2ccccc12)c1cccc2c1oc1ccccc12. The third-order valence-corrected chi connectivity index (χ3v) is 11.9. The number of hydrogen-bond acceptors (Lipinski definition) is 1. The summed E-state index contributed by atoms with van der Waals surface area (Å²) in [5.41, 5.74) is 12.3. The number of benzene rings is 9. The number of nitrogens with zero attached hydrogens (tertiary/aromatic N) is 1. The number of fused-ring (bicyclic) bond motifs is 12. The minimum Gasteiger partial charge on any atom is -0.456 e. The van der Waals surface area contributed by atoms with Crippen molar-refractivity contribution in [3.8, 4) is 16.8 Å². The lowest BCUT2D eigenvalue weighted by Gasteiger charge is -2.34. The van der Waals surface area contributed by atoms with Crippen LogP contribution in [0.2, 0.25) is 0 Å². The second-order valence-corrected chi connectivity index (χ2v) is 14.4. The maximum absolute atomic E-state index is 6.86. The minimum atomic E-state index is -0.617. The molecule has 0 saturated carbocycles. The Balaban J connectivity index is 1.22. The summed E-state index contributed by atoms with van der Waals surface area (Å²) in [5.74, 6) is 0. The van der Waals surface area contributed by atoms with Crippen LogP contribution in [0.1, 0.15) is 22.3 Å². The molecule has 2 heteroatoms. The fourth-order valence-corrected chi connectivity index (χ4v) is 9.72. The fraction of sp³-hybridized carbons (Fsp3) is 0.0196. The number of rotatable bonds is 3. The van der Waals surface area contributed by atoms with Crippen LogP contribution in [0.15, 0.2) is 192 Å². The van der Waals surface area contributed by atoms with Crippen LogP contribution in [-0.2, 0) is 5.41 Å². The molecule has 0 amide bonds. The molecule has 1 aliphatic carbocycles. The third-order valence-electron chi connectivity index (χ3n) is 11.9. The Morgan fingerprint density at radius 3 is 1.77 bits per heavy atom. The van der Waals surface area contributed by atoms with E-state index in [2.05, 4.69) is 193 Å². The molecular weight excluding hydrogens is 643 g/mol. The van der Waals surface area contributed by atoms with Crippen molar-refractivity contribution in [3.63, 3.8) is 0 Å². The normalized spacial score (nSPS) is 13.4. The summed E-state index contributed by atoms with van der Waals surface area (Å²) in [6.07, 6.45) is 0. The molecule has 0 spiro atoms. The van der Waals surface area contributed by atoms with Crippen molar-refractivity contribution in [2.45, 2.75) is 5.41 Å². The van der Waals surface area contributed by atoms with E-state index in [1.807, 2.05) is 0 Å². The average Bonchev–Trinajstić information content (AvgIpc) is 3.87. The van der Waals surface area contributed by atoms with Gasteiger partial charge in [0.15, 0.2) is 0 Å². The average molecular weight is 674 g/mol. The first kappa shape index (κ1) is 28.8. The fourth-order valence-electron chi connectivity index (χ4n) is 9.72. The Labute approximate surface area is 305 Å². The monoisotopic (exact) mass is 673 g/mol. The van der Waals surface area contributed by atoms with Crippen LogP contribution in [-0.4, -0.2) is 4.57 Å². The molecule has 0 radical (unpaired) electrons. The molecule has 11 aromatic rings. The Kier molecular flexibility index (Phi) is 5.73. The summed E-state index contributed by atoms with van der Waals surface area (Å²) in [7, 11) is 0. The standard InChI is InChI=1S/C51H31NO/c1-2-15-34-32(14-1)30-48(38-19-4-3-16-35(34)38)52-46-26-11-7-20-39(46)42-31-33(28-29-47(42)52)51(43-23-9-5-17-36(43)37-18-6-10-24-44(37)51)45-25-13-22-41-40-21-8-12-27-49(40)53-50(41)45/h1-31H. The molecule has 246 valence electrons. The molecule has 2 nitrogen and oxygen atoms in total. The zero-order chi connectivity index (χ0) is 34.7. The molecule has 0 aliphatic heterocycles. The van der Waals surface area contributed by atoms with E-state index in [-0.39, 0.29) is 0 Å². The second-order valence-electron chi connectivity index (χ2n) is 14.4. The molecule has 12 rings (SSSR count). The van der Waals surface area contributed by atoms with Crippen LogP contribution in [0.4, 0.5) is 0 Å². The molecule has 0 saturated heterocycles. The number of para-hydroxylation sites is 3. The van der Waals surface area contributed by atoms with Crippen molar-refractivity contribution in [3.05, 3.63) is 210 Å². The van der Waals surface area contributed by atoms with Crippen LogP contribution in [0.3, 0.4) is 0 Å². The van der Waals surface area contributed by atoms with E-state index >= 15 is 0 Å². The lowest BCUT2D eigenvalue weighted by atomic mass is 9.67. The van der Waals surface area contributed by atoms with E-state index in [9.17, 15) is 0 Å². The Morgan fingerprint density at radius 1 is 0.377 bits per heavy atom. The first-order valence-corrected chi connectivity index (χ1v) is 18.4. The smallest absolute Gasteiger partial charge is 0.140 e. The van der Waals surface area contributed by atoms with Crippen LogP contribution < -0.4 is 0 Å². The van der Waals surface area contributed by atoms with Gasteiger partial charge in [0.25, 0.3) is 0 Å². The van der Waals surface area contributed by atoms with Crippen molar-refractivity contribution >= 4 is 65.3 Å². The van der Waals surface area contributed by atoms with Gasteiger partial charge in [0, 0.05) is 32.5 Å². The van der Waals surface area contributed by atoms with Crippen molar-refractivity contribution in [2.24, 2.45) is 0 Å². The molecule has 2 aromatic heterocycles. The number of hydrogen-bond donors (Lipinski definition) is 0. The predicted octanol–water partition coefficient (Wildman–Crippen LogP) is 13.4. The molecule has 0 atom stereocenters. The molecule has 0 unspecified atom stereocenters. The zero-order valence-corrected chi connectivity index (χ0v) is 28.8. The zero-order valence-electron chi connectivity index (χ0n) is 28.8. The van der Waals surface area contributed by atoms with Gasteiger partial charge in [0.2, 0.25) is 0 Å². The molecule has 1 aliphatic rings. The Hall–Kier alpha value is -6.90.